The molecule has 0 aromatic heterocycles. The maximum atomic E-state index is 11.1. The van der Waals surface area contributed by atoms with E-state index in [1.165, 1.54) is 11.1 Å². The third-order valence-corrected chi connectivity index (χ3v) is 7.55. The number of guanidine groups is 1. The minimum atomic E-state index is 0. The fourth-order valence-corrected chi connectivity index (χ4v) is 5.10. The molecular weight excluding hydrogens is 622 g/mol. The van der Waals surface area contributed by atoms with Crippen molar-refractivity contribution in [3.8, 4) is 5.75 Å². The van der Waals surface area contributed by atoms with E-state index in [0.717, 1.165) is 46.9 Å². The van der Waals surface area contributed by atoms with E-state index in [4.69, 9.17) is 4.74 Å². The number of anilines is 2. The monoisotopic (exact) mass is 671 g/mol. The Labute approximate surface area is 305 Å². The van der Waals surface area contributed by atoms with Gasteiger partial charge in [0.2, 0.25) is 0 Å². The summed E-state index contributed by atoms with van der Waals surface area (Å²) in [6.45, 7) is 21.4. The van der Waals surface area contributed by atoms with E-state index in [-0.39, 0.29) is 27.7 Å². The largest absolute Gasteiger partial charge is 4.00 e. The van der Waals surface area contributed by atoms with Gasteiger partial charge in [-0.25, -0.2) is 0 Å². The fraction of sp³-hybridized carbons (Fsp3) is 0.209. The number of methoxy groups -OCH3 is 1. The van der Waals surface area contributed by atoms with Gasteiger partial charge in [-0.1, -0.05) is 76.2 Å². The number of ether oxygens (including phenoxy) is 1. The Morgan fingerprint density at radius 1 is 0.542 bits per heavy atom. The summed E-state index contributed by atoms with van der Waals surface area (Å²) < 4.78 is 5.49. The van der Waals surface area contributed by atoms with Crippen molar-refractivity contribution in [3.05, 3.63) is 187 Å². The third-order valence-electron chi connectivity index (χ3n) is 7.55. The Hall–Kier alpha value is -4.51. The van der Waals surface area contributed by atoms with Crippen molar-refractivity contribution in [1.82, 2.24) is 0 Å². The maximum Gasteiger partial charge on any atom is 4.00 e. The van der Waals surface area contributed by atoms with Gasteiger partial charge in [-0.2, -0.15) is 73.9 Å². The first-order chi connectivity index (χ1) is 22.6. The molecular formula is C43H49N3OTi. The van der Waals surface area contributed by atoms with E-state index in [1.54, 1.807) is 7.11 Å². The molecule has 246 valence electrons. The molecule has 1 saturated heterocycles. The van der Waals surface area contributed by atoms with Gasteiger partial charge in [0.1, 0.15) is 5.75 Å². The van der Waals surface area contributed by atoms with E-state index in [0.29, 0.717) is 11.8 Å². The molecule has 1 heterocycles. The molecule has 0 N–H and O–H groups in total. The van der Waals surface area contributed by atoms with Crippen LogP contribution in [0.2, 0.25) is 0 Å². The van der Waals surface area contributed by atoms with Gasteiger partial charge in [0, 0.05) is 11.6 Å². The van der Waals surface area contributed by atoms with Crippen LogP contribution in [0.3, 0.4) is 0 Å². The van der Waals surface area contributed by atoms with Crippen LogP contribution in [0.15, 0.2) is 133 Å². The first-order valence-electron chi connectivity index (χ1n) is 16.1. The molecule has 4 nitrogen and oxygen atoms in total. The van der Waals surface area contributed by atoms with Crippen LogP contribution in [0.4, 0.5) is 11.4 Å². The van der Waals surface area contributed by atoms with E-state index < -0.39 is 0 Å². The first-order valence-corrected chi connectivity index (χ1v) is 16.1. The van der Waals surface area contributed by atoms with Gasteiger partial charge in [-0.3, -0.25) is 0 Å². The number of rotatable bonds is 5. The Bertz CT molecular complexity index is 1510. The van der Waals surface area contributed by atoms with Crippen LogP contribution in [0.5, 0.6) is 5.75 Å². The molecule has 0 aliphatic carbocycles. The molecule has 0 radical (unpaired) electrons. The summed E-state index contributed by atoms with van der Waals surface area (Å²) in [5.74, 6) is 1.81. The molecule has 0 saturated carbocycles. The molecule has 0 unspecified atom stereocenters. The van der Waals surface area contributed by atoms with E-state index in [2.05, 4.69) is 71.6 Å². The van der Waals surface area contributed by atoms with Crippen molar-refractivity contribution in [2.45, 2.75) is 39.5 Å². The van der Waals surface area contributed by atoms with Crippen molar-refractivity contribution in [3.63, 3.8) is 0 Å². The molecule has 0 amide bonds. The summed E-state index contributed by atoms with van der Waals surface area (Å²) in [5.41, 5.74) is 7.79. The van der Waals surface area contributed by atoms with Crippen LogP contribution in [0.25, 0.3) is 5.41 Å². The Morgan fingerprint density at radius 2 is 0.917 bits per heavy atom. The summed E-state index contributed by atoms with van der Waals surface area (Å²) in [5, 5.41) is 11.1. The van der Waals surface area contributed by atoms with Gasteiger partial charge in [0.25, 0.3) is 0 Å². The van der Waals surface area contributed by atoms with Crippen LogP contribution in [0.1, 0.15) is 67.3 Å². The van der Waals surface area contributed by atoms with Crippen molar-refractivity contribution >= 4 is 17.3 Å². The predicted molar refractivity (Wildman–Crippen MR) is 203 cm³/mol. The SMILES string of the molecule is COc1ccccc1N1CCN(c2c(C(C)C)cccc2C(C)C)C1=[N-].[CH2-]c1ccccc1.[CH2-]c1ccccc1.[CH2-]c1ccccc1.[Ti+4]. The molecule has 1 aliphatic rings. The number of para-hydroxylation sites is 3. The van der Waals surface area contributed by atoms with Crippen molar-refractivity contribution in [2.24, 2.45) is 0 Å². The van der Waals surface area contributed by atoms with E-state index in [9.17, 15) is 5.41 Å². The molecule has 0 atom stereocenters. The quantitative estimate of drug-likeness (QED) is 0.138. The third kappa shape index (κ3) is 11.9. The molecule has 1 fully saturated rings. The zero-order valence-electron chi connectivity index (χ0n) is 29.1. The van der Waals surface area contributed by atoms with Gasteiger partial charge < -0.3 is 19.9 Å². The summed E-state index contributed by atoms with van der Waals surface area (Å²) in [4.78, 5) is 3.98. The number of hydrogen-bond acceptors (Lipinski definition) is 1. The Balaban J connectivity index is 0.000000292. The molecule has 6 rings (SSSR count). The Kier molecular flexibility index (Phi) is 17.1. The minimum absolute atomic E-state index is 0. The molecule has 1 aliphatic heterocycles. The van der Waals surface area contributed by atoms with E-state index in [1.807, 2.05) is 120 Å². The zero-order chi connectivity index (χ0) is 34.2. The second-order valence-electron chi connectivity index (χ2n) is 11.8. The minimum Gasteiger partial charge on any atom is -0.496 e. The second-order valence-corrected chi connectivity index (χ2v) is 11.8. The molecule has 48 heavy (non-hydrogen) atoms. The summed E-state index contributed by atoms with van der Waals surface area (Å²) in [7, 11) is 1.66. The fourth-order valence-electron chi connectivity index (χ4n) is 5.10. The molecule has 5 heteroatoms. The van der Waals surface area contributed by atoms with Crippen LogP contribution in [0, 0.1) is 20.8 Å². The van der Waals surface area contributed by atoms with Gasteiger partial charge in [0.15, 0.2) is 0 Å². The average Bonchev–Trinajstić information content (AvgIpc) is 3.46. The first kappa shape index (κ1) is 39.7. The maximum absolute atomic E-state index is 11.1. The molecule has 5 aromatic rings. The van der Waals surface area contributed by atoms with Gasteiger partial charge in [-0.05, 0) is 53.9 Å². The van der Waals surface area contributed by atoms with Crippen molar-refractivity contribution in [2.75, 3.05) is 30.0 Å². The van der Waals surface area contributed by atoms with Crippen LogP contribution >= 0.6 is 0 Å². The van der Waals surface area contributed by atoms with Gasteiger partial charge in [-0.15, -0.1) is 36.4 Å². The van der Waals surface area contributed by atoms with Gasteiger partial charge >= 0.3 is 21.7 Å². The standard InChI is InChI=1S/C22H28N3O.3C7H7.Ti/c1-15(2)17-9-8-10-18(16(3)4)21(17)25-14-13-24(22(25)23)19-11-6-7-12-20(19)26-5;3*1-7-5-3-2-4-6-7;/h6-12,15-16H,13-14H2,1-5H3;3*2-6H,1H2;/q4*-1;+4. The molecule has 0 bridgehead atoms. The molecule has 5 aromatic carbocycles. The average molecular weight is 672 g/mol. The number of hydrogen-bond donors (Lipinski definition) is 0. The molecule has 0 spiro atoms. The van der Waals surface area contributed by atoms with Crippen LogP contribution in [-0.4, -0.2) is 26.2 Å². The van der Waals surface area contributed by atoms with Gasteiger partial charge in [0.05, 0.1) is 7.11 Å². The topological polar surface area (TPSA) is 38.0 Å². The summed E-state index contributed by atoms with van der Waals surface area (Å²) in [6, 6.07) is 43.9. The van der Waals surface area contributed by atoms with Crippen molar-refractivity contribution in [1.29, 1.82) is 0 Å². The smallest absolute Gasteiger partial charge is 0.496 e. The number of nitrogens with zero attached hydrogens (tertiary/aromatic N) is 3. The number of benzene rings is 5. The summed E-state index contributed by atoms with van der Waals surface area (Å²) in [6.07, 6.45) is 0. The predicted octanol–water partition coefficient (Wildman–Crippen LogP) is 10.8. The van der Waals surface area contributed by atoms with Crippen LogP contribution < -0.4 is 14.5 Å². The summed E-state index contributed by atoms with van der Waals surface area (Å²) >= 11 is 0. The normalized spacial score (nSPS) is 11.7. The van der Waals surface area contributed by atoms with E-state index >= 15 is 0 Å². The van der Waals surface area contributed by atoms with Crippen LogP contribution in [-0.2, 0) is 21.7 Å². The van der Waals surface area contributed by atoms with Crippen molar-refractivity contribution < 1.29 is 26.5 Å². The second kappa shape index (κ2) is 20.7. The Morgan fingerprint density at radius 3 is 1.27 bits per heavy atom. The zero-order valence-corrected chi connectivity index (χ0v) is 30.7.